The third-order valence-corrected chi connectivity index (χ3v) is 7.24. The van der Waals surface area contributed by atoms with Crippen LogP contribution >= 0.6 is 0 Å². The predicted octanol–water partition coefficient (Wildman–Crippen LogP) is 4.19. The van der Waals surface area contributed by atoms with Crippen molar-refractivity contribution in [3.8, 4) is 11.5 Å². The Balaban J connectivity index is 1.83. The first kappa shape index (κ1) is 28.2. The third kappa shape index (κ3) is 6.33. The zero-order chi connectivity index (χ0) is 27.5. The maximum absolute atomic E-state index is 13.1. The molecule has 2 heterocycles. The summed E-state index contributed by atoms with van der Waals surface area (Å²) in [5.74, 6) is -2.95. The molecule has 0 aliphatic carbocycles. The van der Waals surface area contributed by atoms with Gasteiger partial charge in [-0.05, 0) is 65.9 Å². The molecule has 9 nitrogen and oxygen atoms in total. The van der Waals surface area contributed by atoms with Crippen molar-refractivity contribution in [3.05, 3.63) is 46.1 Å². The molecule has 2 aliphatic rings. The maximum Gasteiger partial charge on any atom is 0.326 e. The summed E-state index contributed by atoms with van der Waals surface area (Å²) in [5, 5.41) is 40.2. The highest BCUT2D eigenvalue weighted by Gasteiger charge is 2.45. The second kappa shape index (κ2) is 11.4. The van der Waals surface area contributed by atoms with E-state index in [1.165, 1.54) is 17.2 Å². The quantitative estimate of drug-likeness (QED) is 0.321. The Bertz CT molecular complexity index is 1130. The summed E-state index contributed by atoms with van der Waals surface area (Å²) in [7, 11) is 0. The Morgan fingerprint density at radius 1 is 1.16 bits per heavy atom. The molecule has 202 valence electrons. The van der Waals surface area contributed by atoms with Gasteiger partial charge in [0.2, 0.25) is 0 Å². The van der Waals surface area contributed by atoms with Gasteiger partial charge < -0.3 is 30.1 Å². The van der Waals surface area contributed by atoms with Crippen molar-refractivity contribution >= 4 is 17.8 Å². The summed E-state index contributed by atoms with van der Waals surface area (Å²) < 4.78 is 6.32. The molecule has 0 spiro atoms. The Morgan fingerprint density at radius 3 is 2.49 bits per heavy atom. The fourth-order valence-corrected chi connectivity index (χ4v) is 4.95. The number of aliphatic carboxylic acids is 2. The number of carbonyl (C=O) groups excluding carboxylic acids is 1. The van der Waals surface area contributed by atoms with Crippen molar-refractivity contribution in [2.24, 2.45) is 0 Å². The van der Waals surface area contributed by atoms with E-state index in [2.05, 4.69) is 32.9 Å². The first-order valence-electron chi connectivity index (χ1n) is 12.6. The van der Waals surface area contributed by atoms with E-state index in [0.717, 1.165) is 17.7 Å². The number of carbonyl (C=O) groups is 3. The predicted molar refractivity (Wildman–Crippen MR) is 137 cm³/mol. The number of nitrogens with zero attached hydrogens (tertiary/aromatic N) is 1. The van der Waals surface area contributed by atoms with Crippen LogP contribution in [0.25, 0.3) is 0 Å². The molecule has 0 radical (unpaired) electrons. The van der Waals surface area contributed by atoms with Crippen LogP contribution < -0.4 is 4.74 Å². The average Bonchev–Trinajstić information content (AvgIpc) is 3.11. The van der Waals surface area contributed by atoms with Crippen LogP contribution in [0.4, 0.5) is 0 Å². The molecule has 37 heavy (non-hydrogen) atoms. The number of rotatable bonds is 11. The molecule has 1 aromatic carbocycles. The number of phenols is 1. The second-order valence-corrected chi connectivity index (χ2v) is 10.5. The number of aliphatic hydroxyl groups excluding tert-OH is 1. The number of hydrogen-bond acceptors (Lipinski definition) is 6. The number of benzene rings is 1. The number of ether oxygens (including phenoxy) is 1. The number of phenolic OH excluding ortho intramolecular Hbond substituents is 1. The lowest BCUT2D eigenvalue weighted by atomic mass is 9.84. The number of aromatic hydroxyl groups is 1. The number of amides is 1. The first-order chi connectivity index (χ1) is 17.3. The number of carboxylic acid groups (broad SMARTS) is 2. The lowest BCUT2D eigenvalue weighted by molar-refractivity contribution is -0.143. The van der Waals surface area contributed by atoms with Crippen molar-refractivity contribution in [1.29, 1.82) is 0 Å². The van der Waals surface area contributed by atoms with Gasteiger partial charge in [0, 0.05) is 24.0 Å². The van der Waals surface area contributed by atoms with Crippen molar-refractivity contribution in [1.82, 2.24) is 4.90 Å². The third-order valence-electron chi connectivity index (χ3n) is 7.24. The number of allylic oxidation sites excluding steroid dienone is 4. The van der Waals surface area contributed by atoms with E-state index in [-0.39, 0.29) is 30.7 Å². The molecular weight excluding hydrogens is 478 g/mol. The Morgan fingerprint density at radius 2 is 1.86 bits per heavy atom. The minimum Gasteiger partial charge on any atom is -0.508 e. The van der Waals surface area contributed by atoms with Gasteiger partial charge >= 0.3 is 11.9 Å². The molecule has 0 unspecified atom stereocenters. The normalized spacial score (nSPS) is 21.6. The van der Waals surface area contributed by atoms with Gasteiger partial charge in [-0.2, -0.15) is 0 Å². The largest absolute Gasteiger partial charge is 0.508 e. The number of aliphatic hydroxyl groups is 1. The average molecular weight is 516 g/mol. The molecule has 3 atom stereocenters. The highest BCUT2D eigenvalue weighted by Crippen LogP contribution is 2.46. The minimum atomic E-state index is -1.33. The van der Waals surface area contributed by atoms with E-state index in [0.29, 0.717) is 29.7 Å². The SMILES string of the molecule is CC(C)=CCCC(C)=CCC[C@@]1(C)Oc2c(c(O)cc3c2CN([C@@H](CCC(=O)O)C(=O)O)C3=O)C[C@@H]1O. The standard InChI is InChI=1S/C28H37NO8/c1-16(2)7-5-8-17(3)9-6-12-28(4)23(31)14-19-22(30)13-18-20(25(19)37-28)15-29(26(18)34)21(27(35)36)10-11-24(32)33/h7,9,13,21,23,30-31H,5-6,8,10-12,14-15H2,1-4H3,(H,32,33)(H,35,36)/t21-,23-,28+/m0/s1. The van der Waals surface area contributed by atoms with Crippen LogP contribution in [0.1, 0.15) is 87.7 Å². The van der Waals surface area contributed by atoms with Gasteiger partial charge in [0.05, 0.1) is 18.2 Å². The molecule has 3 rings (SSSR count). The highest BCUT2D eigenvalue weighted by molar-refractivity contribution is 6.02. The van der Waals surface area contributed by atoms with E-state index in [4.69, 9.17) is 9.84 Å². The summed E-state index contributed by atoms with van der Waals surface area (Å²) >= 11 is 0. The van der Waals surface area contributed by atoms with Gasteiger partial charge in [0.1, 0.15) is 23.1 Å². The molecule has 0 bridgehead atoms. The van der Waals surface area contributed by atoms with Gasteiger partial charge in [-0.3, -0.25) is 9.59 Å². The summed E-state index contributed by atoms with van der Waals surface area (Å²) in [6.07, 6.45) is 6.01. The molecule has 2 aliphatic heterocycles. The molecular formula is C28H37NO8. The zero-order valence-corrected chi connectivity index (χ0v) is 21.9. The Hall–Kier alpha value is -3.33. The van der Waals surface area contributed by atoms with Gasteiger partial charge in [-0.25, -0.2) is 4.79 Å². The fourth-order valence-electron chi connectivity index (χ4n) is 4.95. The summed E-state index contributed by atoms with van der Waals surface area (Å²) in [6, 6.07) is -0.0435. The summed E-state index contributed by atoms with van der Waals surface area (Å²) in [5.41, 5.74) is 2.51. The van der Waals surface area contributed by atoms with Crippen LogP contribution in [-0.4, -0.2) is 60.9 Å². The first-order valence-corrected chi connectivity index (χ1v) is 12.6. The topological polar surface area (TPSA) is 145 Å². The van der Waals surface area contributed by atoms with E-state index in [1.54, 1.807) is 6.92 Å². The van der Waals surface area contributed by atoms with Crippen LogP contribution in [0.2, 0.25) is 0 Å². The molecule has 0 aromatic heterocycles. The van der Waals surface area contributed by atoms with Gasteiger partial charge in [0.15, 0.2) is 0 Å². The van der Waals surface area contributed by atoms with E-state index < -0.39 is 42.0 Å². The lowest BCUT2D eigenvalue weighted by Gasteiger charge is -2.41. The van der Waals surface area contributed by atoms with Crippen LogP contribution in [0.15, 0.2) is 29.4 Å². The number of hydrogen-bond donors (Lipinski definition) is 4. The maximum atomic E-state index is 13.1. The monoisotopic (exact) mass is 515 g/mol. The molecule has 0 saturated carbocycles. The molecule has 9 heteroatoms. The molecule has 1 aromatic rings. The second-order valence-electron chi connectivity index (χ2n) is 10.5. The lowest BCUT2D eigenvalue weighted by Crippen LogP contribution is -2.49. The minimum absolute atomic E-state index is 0.0804. The zero-order valence-electron chi connectivity index (χ0n) is 21.9. The van der Waals surface area contributed by atoms with E-state index in [1.807, 2.05) is 0 Å². The van der Waals surface area contributed by atoms with Crippen molar-refractivity contribution < 1.29 is 39.5 Å². The molecule has 4 N–H and O–H groups in total. The van der Waals surface area contributed by atoms with Gasteiger partial charge in [-0.15, -0.1) is 0 Å². The van der Waals surface area contributed by atoms with Crippen molar-refractivity contribution in [3.63, 3.8) is 0 Å². The van der Waals surface area contributed by atoms with Crippen LogP contribution in [-0.2, 0) is 22.6 Å². The fraction of sp³-hybridized carbons (Fsp3) is 0.536. The number of carboxylic acids is 2. The van der Waals surface area contributed by atoms with Crippen LogP contribution in [0, 0.1) is 0 Å². The van der Waals surface area contributed by atoms with Crippen molar-refractivity contribution in [2.45, 2.75) is 96.9 Å². The van der Waals surface area contributed by atoms with Gasteiger partial charge in [0.25, 0.3) is 5.91 Å². The Labute approximate surface area is 217 Å². The Kier molecular flexibility index (Phi) is 8.68. The molecule has 0 saturated heterocycles. The van der Waals surface area contributed by atoms with E-state index in [9.17, 15) is 29.7 Å². The van der Waals surface area contributed by atoms with Crippen LogP contribution in [0.3, 0.4) is 0 Å². The van der Waals surface area contributed by atoms with Crippen molar-refractivity contribution in [2.75, 3.05) is 0 Å². The summed E-state index contributed by atoms with van der Waals surface area (Å²) in [6.45, 7) is 7.92. The smallest absolute Gasteiger partial charge is 0.326 e. The van der Waals surface area contributed by atoms with E-state index >= 15 is 0 Å². The summed E-state index contributed by atoms with van der Waals surface area (Å²) in [4.78, 5) is 37.1. The number of fused-ring (bicyclic) bond motifs is 3. The molecule has 0 fully saturated rings. The van der Waals surface area contributed by atoms with Gasteiger partial charge in [-0.1, -0.05) is 23.3 Å². The highest BCUT2D eigenvalue weighted by atomic mass is 16.5. The van der Waals surface area contributed by atoms with Crippen LogP contribution in [0.5, 0.6) is 11.5 Å². The molecule has 1 amide bonds.